The molecule has 0 saturated heterocycles. The van der Waals surface area contributed by atoms with Gasteiger partial charge in [-0.25, -0.2) is 0 Å². The number of aryl methyl sites for hydroxylation is 1. The molecule has 4 N–H and O–H groups in total. The van der Waals surface area contributed by atoms with Gasteiger partial charge in [0.25, 0.3) is 0 Å². The van der Waals surface area contributed by atoms with Crippen molar-refractivity contribution < 1.29 is 14.6 Å². The summed E-state index contributed by atoms with van der Waals surface area (Å²) in [5.41, 5.74) is 10.5. The van der Waals surface area contributed by atoms with Gasteiger partial charge >= 0.3 is 0 Å². The topological polar surface area (TPSA) is 117 Å². The summed E-state index contributed by atoms with van der Waals surface area (Å²) in [6, 6.07) is 15.1. The highest BCUT2D eigenvalue weighted by atomic mass is 16.5. The van der Waals surface area contributed by atoms with Crippen molar-refractivity contribution in [2.75, 3.05) is 7.11 Å². The third-order valence-corrected chi connectivity index (χ3v) is 4.82. The van der Waals surface area contributed by atoms with Crippen LogP contribution in [0.1, 0.15) is 22.6 Å². The van der Waals surface area contributed by atoms with Crippen molar-refractivity contribution in [3.63, 3.8) is 0 Å². The molecule has 0 unspecified atom stereocenters. The molecule has 140 valence electrons. The fourth-order valence-electron chi connectivity index (χ4n) is 3.39. The fourth-order valence-corrected chi connectivity index (χ4v) is 3.39. The van der Waals surface area contributed by atoms with E-state index in [9.17, 15) is 10.4 Å². The van der Waals surface area contributed by atoms with Crippen molar-refractivity contribution in [3.8, 4) is 34.7 Å². The second-order valence-corrected chi connectivity index (χ2v) is 6.54. The smallest absolute Gasteiger partial charge is 0.244 e. The zero-order valence-corrected chi connectivity index (χ0v) is 15.4. The summed E-state index contributed by atoms with van der Waals surface area (Å²) in [5, 5.41) is 27.0. The molecule has 4 rings (SSSR count). The van der Waals surface area contributed by atoms with Crippen LogP contribution in [0.5, 0.6) is 17.4 Å². The van der Waals surface area contributed by atoms with Crippen molar-refractivity contribution in [1.29, 1.82) is 5.26 Å². The third-order valence-electron chi connectivity index (χ3n) is 4.82. The van der Waals surface area contributed by atoms with Crippen molar-refractivity contribution in [2.24, 2.45) is 5.73 Å². The van der Waals surface area contributed by atoms with Crippen LogP contribution in [0.2, 0.25) is 0 Å². The highest BCUT2D eigenvalue weighted by Gasteiger charge is 2.36. The number of aromatic hydroxyl groups is 1. The zero-order valence-electron chi connectivity index (χ0n) is 15.4. The maximum atomic E-state index is 9.95. The Morgan fingerprint density at radius 2 is 2.00 bits per heavy atom. The highest BCUT2D eigenvalue weighted by Crippen LogP contribution is 2.46. The van der Waals surface area contributed by atoms with Crippen LogP contribution in [0.3, 0.4) is 0 Å². The van der Waals surface area contributed by atoms with E-state index in [2.05, 4.69) is 16.3 Å². The average molecular weight is 374 g/mol. The molecule has 0 aliphatic carbocycles. The maximum Gasteiger partial charge on any atom is 0.244 e. The van der Waals surface area contributed by atoms with Gasteiger partial charge in [-0.2, -0.15) is 5.26 Å². The molecular weight excluding hydrogens is 356 g/mol. The van der Waals surface area contributed by atoms with Crippen LogP contribution in [-0.4, -0.2) is 22.4 Å². The van der Waals surface area contributed by atoms with Gasteiger partial charge in [-0.15, -0.1) is 5.10 Å². The molecule has 1 aliphatic heterocycles. The number of nitrogens with one attached hydrogen (secondary N) is 1. The fraction of sp³-hybridized carbons (Fsp3) is 0.143. The summed E-state index contributed by atoms with van der Waals surface area (Å²) in [6.07, 6.45) is 0. The first-order valence-electron chi connectivity index (χ1n) is 8.63. The van der Waals surface area contributed by atoms with Gasteiger partial charge in [0.1, 0.15) is 11.6 Å². The minimum absolute atomic E-state index is 0.00833. The van der Waals surface area contributed by atoms with Crippen LogP contribution >= 0.6 is 0 Å². The third kappa shape index (κ3) is 2.72. The largest absolute Gasteiger partial charge is 0.504 e. The molecule has 0 radical (unpaired) electrons. The second-order valence-electron chi connectivity index (χ2n) is 6.54. The van der Waals surface area contributed by atoms with E-state index in [1.54, 1.807) is 12.1 Å². The van der Waals surface area contributed by atoms with Gasteiger partial charge in [0.05, 0.1) is 24.3 Å². The Hall–Kier alpha value is -3.92. The number of allylic oxidation sites excluding steroid dienone is 1. The zero-order chi connectivity index (χ0) is 19.8. The Morgan fingerprint density at radius 1 is 1.25 bits per heavy atom. The van der Waals surface area contributed by atoms with Crippen LogP contribution in [0.15, 0.2) is 53.9 Å². The molecule has 1 aromatic heterocycles. The summed E-state index contributed by atoms with van der Waals surface area (Å²) >= 11 is 0. The van der Waals surface area contributed by atoms with E-state index in [-0.39, 0.29) is 17.2 Å². The summed E-state index contributed by atoms with van der Waals surface area (Å²) in [5.74, 6) is 0.137. The van der Waals surface area contributed by atoms with Crippen molar-refractivity contribution in [3.05, 3.63) is 70.6 Å². The lowest BCUT2D eigenvalue weighted by atomic mass is 9.83. The summed E-state index contributed by atoms with van der Waals surface area (Å²) in [6.45, 7) is 2.01. The number of fused-ring (bicyclic) bond motifs is 1. The minimum atomic E-state index is -0.515. The lowest BCUT2D eigenvalue weighted by Crippen LogP contribution is -2.21. The first kappa shape index (κ1) is 17.5. The van der Waals surface area contributed by atoms with E-state index in [1.165, 1.54) is 13.2 Å². The van der Waals surface area contributed by atoms with Gasteiger partial charge in [-0.3, -0.25) is 5.10 Å². The first-order valence-corrected chi connectivity index (χ1v) is 8.63. The van der Waals surface area contributed by atoms with Crippen LogP contribution in [-0.2, 0) is 0 Å². The molecule has 7 heteroatoms. The molecule has 0 fully saturated rings. The number of methoxy groups -OCH3 is 1. The lowest BCUT2D eigenvalue weighted by Gasteiger charge is -2.24. The summed E-state index contributed by atoms with van der Waals surface area (Å²) in [7, 11) is 1.47. The second kappa shape index (κ2) is 6.67. The molecule has 0 saturated carbocycles. The number of rotatable bonds is 3. The van der Waals surface area contributed by atoms with Gasteiger partial charge in [0.2, 0.25) is 11.8 Å². The monoisotopic (exact) mass is 374 g/mol. The average Bonchev–Trinajstić information content (AvgIpc) is 3.11. The van der Waals surface area contributed by atoms with Crippen molar-refractivity contribution in [1.82, 2.24) is 10.2 Å². The Balaban J connectivity index is 1.94. The summed E-state index contributed by atoms with van der Waals surface area (Å²) in [4.78, 5) is 0. The van der Waals surface area contributed by atoms with Crippen molar-refractivity contribution in [2.45, 2.75) is 12.8 Å². The van der Waals surface area contributed by atoms with Crippen LogP contribution in [0.4, 0.5) is 0 Å². The van der Waals surface area contributed by atoms with Crippen LogP contribution < -0.4 is 15.2 Å². The first-order chi connectivity index (χ1) is 13.5. The lowest BCUT2D eigenvalue weighted by molar-refractivity contribution is 0.371. The quantitative estimate of drug-likeness (QED) is 0.647. The van der Waals surface area contributed by atoms with E-state index in [0.717, 1.165) is 22.4 Å². The number of phenolic OH excluding ortho intramolecular Hbond substituents is 1. The van der Waals surface area contributed by atoms with E-state index < -0.39 is 5.92 Å². The normalized spacial score (nSPS) is 15.5. The molecule has 0 spiro atoms. The molecule has 1 aliphatic rings. The van der Waals surface area contributed by atoms with Gasteiger partial charge in [-0.05, 0) is 24.6 Å². The number of aromatic nitrogens is 2. The standard InChI is InChI=1S/C21H18N4O3/c1-11-3-5-12(6-4-11)19-18-17(13-7-8-15(26)16(9-13)27-2)14(10-22)20(23)28-21(18)25-24-19/h3-9,17,26H,23H2,1-2H3,(H,24,25)/t17-/m1/s1. The number of nitrogens with two attached hydrogens (primary N) is 1. The Morgan fingerprint density at radius 3 is 2.68 bits per heavy atom. The van der Waals surface area contributed by atoms with Gasteiger partial charge in [0.15, 0.2) is 11.5 Å². The number of phenols is 1. The number of H-pyrrole nitrogens is 1. The molecule has 2 aromatic carbocycles. The SMILES string of the molecule is COc1cc([C@@H]2C(C#N)=C(N)Oc3n[nH]c(-c4ccc(C)cc4)c32)ccc1O. The molecular formula is C21H18N4O3. The molecule has 0 bridgehead atoms. The molecule has 3 aromatic rings. The Bertz CT molecular complexity index is 1120. The molecule has 28 heavy (non-hydrogen) atoms. The minimum Gasteiger partial charge on any atom is -0.504 e. The predicted octanol–water partition coefficient (Wildman–Crippen LogP) is 3.32. The van der Waals surface area contributed by atoms with E-state index in [4.69, 9.17) is 15.2 Å². The number of ether oxygens (including phenoxy) is 2. The number of aromatic amines is 1. The molecule has 7 nitrogen and oxygen atoms in total. The van der Waals surface area contributed by atoms with Crippen molar-refractivity contribution >= 4 is 0 Å². The molecule has 2 heterocycles. The highest BCUT2D eigenvalue weighted by molar-refractivity contribution is 5.71. The molecule has 0 amide bonds. The summed E-state index contributed by atoms with van der Waals surface area (Å²) < 4.78 is 10.8. The predicted molar refractivity (Wildman–Crippen MR) is 103 cm³/mol. The van der Waals surface area contributed by atoms with Gasteiger partial charge < -0.3 is 20.3 Å². The van der Waals surface area contributed by atoms with E-state index >= 15 is 0 Å². The van der Waals surface area contributed by atoms with Gasteiger partial charge in [-0.1, -0.05) is 35.9 Å². The van der Waals surface area contributed by atoms with E-state index in [1.807, 2.05) is 31.2 Å². The number of hydrogen-bond acceptors (Lipinski definition) is 6. The number of nitrogens with zero attached hydrogens (tertiary/aromatic N) is 2. The van der Waals surface area contributed by atoms with Crippen LogP contribution in [0, 0.1) is 18.3 Å². The number of hydrogen-bond donors (Lipinski definition) is 3. The Labute approximate surface area is 161 Å². The van der Waals surface area contributed by atoms with E-state index in [0.29, 0.717) is 17.2 Å². The molecule has 1 atom stereocenters. The number of nitriles is 1. The maximum absolute atomic E-state index is 9.95. The Kier molecular flexibility index (Phi) is 4.17. The number of benzene rings is 2. The van der Waals surface area contributed by atoms with Gasteiger partial charge in [0, 0.05) is 5.56 Å². The van der Waals surface area contributed by atoms with Crippen LogP contribution in [0.25, 0.3) is 11.3 Å².